The minimum absolute atomic E-state index is 0.132. The highest BCUT2D eigenvalue weighted by Gasteiger charge is 2.13. The molecule has 0 spiro atoms. The van der Waals surface area contributed by atoms with Crippen molar-refractivity contribution < 1.29 is 18.4 Å². The summed E-state index contributed by atoms with van der Waals surface area (Å²) in [6, 6.07) is 16.3. The fourth-order valence-electron chi connectivity index (χ4n) is 2.38. The monoisotopic (exact) mass is 374 g/mol. The van der Waals surface area contributed by atoms with Crippen LogP contribution in [-0.2, 0) is 21.2 Å². The molecule has 0 aliphatic carbocycles. The summed E-state index contributed by atoms with van der Waals surface area (Å²) < 4.78 is 27.3. The topological polar surface area (TPSA) is 95.5 Å². The maximum absolute atomic E-state index is 12.4. The van der Waals surface area contributed by atoms with E-state index in [9.17, 15) is 13.2 Å². The molecule has 2 rings (SSSR count). The quantitative estimate of drug-likeness (QED) is 0.272. The Kier molecular flexibility index (Phi) is 7.53. The number of hydroxylamine groups is 1. The highest BCUT2D eigenvalue weighted by molar-refractivity contribution is 7.89. The zero-order valence-corrected chi connectivity index (χ0v) is 15.1. The first-order valence-electron chi connectivity index (χ1n) is 8.27. The number of benzene rings is 2. The van der Waals surface area contributed by atoms with Crippen LogP contribution in [0.2, 0.25) is 0 Å². The van der Waals surface area contributed by atoms with Crippen molar-refractivity contribution in [3.05, 3.63) is 71.8 Å². The lowest BCUT2D eigenvalue weighted by atomic mass is 10.1. The van der Waals surface area contributed by atoms with Crippen LogP contribution in [0, 0.1) is 0 Å². The molecule has 0 saturated heterocycles. The average molecular weight is 374 g/mol. The number of hydrogen-bond donors (Lipinski definition) is 3. The van der Waals surface area contributed by atoms with E-state index in [4.69, 9.17) is 5.21 Å². The third-order valence-electron chi connectivity index (χ3n) is 3.73. The predicted molar refractivity (Wildman–Crippen MR) is 100.0 cm³/mol. The summed E-state index contributed by atoms with van der Waals surface area (Å²) in [6.07, 6.45) is 5.08. The summed E-state index contributed by atoms with van der Waals surface area (Å²) in [4.78, 5) is 11.1. The van der Waals surface area contributed by atoms with Gasteiger partial charge in [0.25, 0.3) is 5.91 Å². The van der Waals surface area contributed by atoms with Gasteiger partial charge in [-0.25, -0.2) is 18.6 Å². The molecule has 138 valence electrons. The SMILES string of the molecule is O=C(C=Cc1cccc(S(=O)(=O)NCCCCc2ccccc2)c1)NO. The van der Waals surface area contributed by atoms with E-state index in [0.717, 1.165) is 25.3 Å². The molecule has 0 aliphatic heterocycles. The van der Waals surface area contributed by atoms with Crippen molar-refractivity contribution in [1.29, 1.82) is 0 Å². The predicted octanol–water partition coefficient (Wildman–Crippen LogP) is 2.51. The van der Waals surface area contributed by atoms with Gasteiger partial charge in [-0.05, 0) is 48.6 Å². The Hall–Kier alpha value is -2.48. The molecule has 26 heavy (non-hydrogen) atoms. The summed E-state index contributed by atoms with van der Waals surface area (Å²) in [5.41, 5.74) is 3.26. The highest BCUT2D eigenvalue weighted by atomic mass is 32.2. The maximum Gasteiger partial charge on any atom is 0.267 e. The van der Waals surface area contributed by atoms with Gasteiger partial charge in [-0.15, -0.1) is 0 Å². The first-order chi connectivity index (χ1) is 12.5. The van der Waals surface area contributed by atoms with Gasteiger partial charge < -0.3 is 0 Å². The number of carbonyl (C=O) groups excluding carboxylic acids is 1. The number of hydrogen-bond acceptors (Lipinski definition) is 4. The van der Waals surface area contributed by atoms with Crippen molar-refractivity contribution in [1.82, 2.24) is 10.2 Å². The highest BCUT2D eigenvalue weighted by Crippen LogP contribution is 2.13. The molecule has 2 aromatic carbocycles. The van der Waals surface area contributed by atoms with Crippen molar-refractivity contribution in [2.75, 3.05) is 6.54 Å². The van der Waals surface area contributed by atoms with Crippen LogP contribution in [0.15, 0.2) is 65.6 Å². The van der Waals surface area contributed by atoms with Crippen LogP contribution in [-0.4, -0.2) is 26.1 Å². The molecule has 3 N–H and O–H groups in total. The van der Waals surface area contributed by atoms with Crippen LogP contribution in [0.3, 0.4) is 0 Å². The Morgan fingerprint density at radius 3 is 2.54 bits per heavy atom. The number of unbranched alkanes of at least 4 members (excludes halogenated alkanes) is 1. The van der Waals surface area contributed by atoms with Crippen LogP contribution in [0.1, 0.15) is 24.0 Å². The molecule has 0 unspecified atom stereocenters. The lowest BCUT2D eigenvalue weighted by molar-refractivity contribution is -0.124. The Bertz CT molecular complexity index is 849. The van der Waals surface area contributed by atoms with Crippen molar-refractivity contribution >= 4 is 22.0 Å². The van der Waals surface area contributed by atoms with Gasteiger partial charge in [-0.2, -0.15) is 0 Å². The number of rotatable bonds is 9. The van der Waals surface area contributed by atoms with Crippen LogP contribution >= 0.6 is 0 Å². The van der Waals surface area contributed by atoms with Gasteiger partial charge in [0.15, 0.2) is 0 Å². The maximum atomic E-state index is 12.4. The Labute approximate surface area is 153 Å². The molecule has 0 atom stereocenters. The van der Waals surface area contributed by atoms with Crippen LogP contribution in [0.25, 0.3) is 6.08 Å². The lowest BCUT2D eigenvalue weighted by Gasteiger charge is -2.07. The first kappa shape index (κ1) is 19.8. The molecule has 0 heterocycles. The molecular weight excluding hydrogens is 352 g/mol. The second-order valence-corrected chi connectivity index (χ2v) is 7.49. The van der Waals surface area contributed by atoms with Gasteiger partial charge in [0.2, 0.25) is 10.0 Å². The third kappa shape index (κ3) is 6.44. The molecule has 6 nitrogen and oxygen atoms in total. The van der Waals surface area contributed by atoms with Gasteiger partial charge in [-0.1, -0.05) is 42.5 Å². The molecular formula is C19H22N2O4S. The molecule has 0 fully saturated rings. The van der Waals surface area contributed by atoms with E-state index in [0.29, 0.717) is 12.1 Å². The molecule has 0 aliphatic rings. The molecule has 1 amide bonds. The number of amides is 1. The summed E-state index contributed by atoms with van der Waals surface area (Å²) in [7, 11) is -3.61. The van der Waals surface area contributed by atoms with Crippen LogP contribution in [0.4, 0.5) is 0 Å². The largest absolute Gasteiger partial charge is 0.288 e. The van der Waals surface area contributed by atoms with Gasteiger partial charge in [0.05, 0.1) is 4.90 Å². The summed E-state index contributed by atoms with van der Waals surface area (Å²) in [5, 5.41) is 8.45. The number of nitrogens with one attached hydrogen (secondary N) is 2. The van der Waals surface area contributed by atoms with Crippen LogP contribution < -0.4 is 10.2 Å². The third-order valence-corrected chi connectivity index (χ3v) is 5.19. The molecule has 0 radical (unpaired) electrons. The molecule has 2 aromatic rings. The van der Waals surface area contributed by atoms with E-state index >= 15 is 0 Å². The van der Waals surface area contributed by atoms with Crippen molar-refractivity contribution in [2.24, 2.45) is 0 Å². The smallest absolute Gasteiger partial charge is 0.267 e. The van der Waals surface area contributed by atoms with Gasteiger partial charge >= 0.3 is 0 Å². The standard InChI is InChI=1S/C19H22N2O4S/c22-19(21-23)13-12-17-10-6-11-18(15-17)26(24,25)20-14-5-4-9-16-7-2-1-3-8-16/h1-3,6-8,10-13,15,20,23H,4-5,9,14H2,(H,21,22). The number of carbonyl (C=O) groups is 1. The summed E-state index contributed by atoms with van der Waals surface area (Å²) in [6.45, 7) is 0.363. The van der Waals surface area contributed by atoms with E-state index in [2.05, 4.69) is 16.9 Å². The van der Waals surface area contributed by atoms with E-state index in [-0.39, 0.29) is 4.90 Å². The van der Waals surface area contributed by atoms with E-state index < -0.39 is 15.9 Å². The number of sulfonamides is 1. The Morgan fingerprint density at radius 2 is 1.81 bits per heavy atom. The minimum Gasteiger partial charge on any atom is -0.288 e. The molecule has 0 aromatic heterocycles. The van der Waals surface area contributed by atoms with E-state index in [1.54, 1.807) is 12.1 Å². The zero-order valence-electron chi connectivity index (χ0n) is 14.3. The molecule has 0 saturated carbocycles. The Morgan fingerprint density at radius 1 is 1.04 bits per heavy atom. The molecule has 7 heteroatoms. The first-order valence-corrected chi connectivity index (χ1v) is 9.75. The lowest BCUT2D eigenvalue weighted by Crippen LogP contribution is -2.24. The fraction of sp³-hybridized carbons (Fsp3) is 0.211. The van der Waals surface area contributed by atoms with Gasteiger partial charge in [-0.3, -0.25) is 10.0 Å². The van der Waals surface area contributed by atoms with Crippen LogP contribution in [0.5, 0.6) is 0 Å². The normalized spacial score (nSPS) is 11.6. The Balaban J connectivity index is 1.87. The minimum atomic E-state index is -3.61. The second-order valence-electron chi connectivity index (χ2n) is 5.72. The van der Waals surface area contributed by atoms with Gasteiger partial charge in [0.1, 0.15) is 0 Å². The van der Waals surface area contributed by atoms with Crippen molar-refractivity contribution in [2.45, 2.75) is 24.2 Å². The molecule has 0 bridgehead atoms. The van der Waals surface area contributed by atoms with Gasteiger partial charge in [0, 0.05) is 12.6 Å². The average Bonchev–Trinajstić information content (AvgIpc) is 2.67. The van der Waals surface area contributed by atoms with Crippen molar-refractivity contribution in [3.8, 4) is 0 Å². The zero-order chi connectivity index (χ0) is 18.8. The fourth-order valence-corrected chi connectivity index (χ4v) is 3.51. The van der Waals surface area contributed by atoms with Crippen molar-refractivity contribution in [3.63, 3.8) is 0 Å². The van der Waals surface area contributed by atoms with E-state index in [1.807, 2.05) is 18.2 Å². The number of aryl methyl sites for hydroxylation is 1. The summed E-state index contributed by atoms with van der Waals surface area (Å²) in [5.74, 6) is -0.685. The second kappa shape index (κ2) is 9.86. The summed E-state index contributed by atoms with van der Waals surface area (Å²) >= 11 is 0. The van der Waals surface area contributed by atoms with E-state index in [1.165, 1.54) is 29.3 Å².